The van der Waals surface area contributed by atoms with Crippen molar-refractivity contribution in [2.75, 3.05) is 0 Å². The van der Waals surface area contributed by atoms with Crippen LogP contribution in [0.5, 0.6) is 0 Å². The molecule has 4 bridgehead atoms. The first kappa shape index (κ1) is 9.93. The summed E-state index contributed by atoms with van der Waals surface area (Å²) in [5.41, 5.74) is 2.26. The highest BCUT2D eigenvalue weighted by atomic mass is 14.7. The van der Waals surface area contributed by atoms with E-state index in [2.05, 4.69) is 27.4 Å². The summed E-state index contributed by atoms with van der Waals surface area (Å²) in [7, 11) is 0. The van der Waals surface area contributed by atoms with Gasteiger partial charge in [-0.25, -0.2) is 0 Å². The first-order valence-electron chi connectivity index (χ1n) is 6.73. The summed E-state index contributed by atoms with van der Waals surface area (Å²) in [5, 5.41) is 0. The molecule has 0 aliphatic heterocycles. The molecule has 0 amide bonds. The molecule has 0 nitrogen and oxygen atoms in total. The predicted molar refractivity (Wildman–Crippen MR) is 64.5 cm³/mol. The van der Waals surface area contributed by atoms with E-state index in [4.69, 9.17) is 0 Å². The second kappa shape index (κ2) is 2.90. The van der Waals surface area contributed by atoms with E-state index in [1.165, 1.54) is 25.7 Å². The Balaban J connectivity index is 1.93. The van der Waals surface area contributed by atoms with Gasteiger partial charge >= 0.3 is 0 Å². The van der Waals surface area contributed by atoms with E-state index in [1.54, 1.807) is 5.57 Å². The molecule has 84 valence electrons. The van der Waals surface area contributed by atoms with Crippen molar-refractivity contribution in [2.24, 2.45) is 35.0 Å². The summed E-state index contributed by atoms with van der Waals surface area (Å²) in [5.74, 6) is 4.85. The van der Waals surface area contributed by atoms with Crippen molar-refractivity contribution >= 4 is 0 Å². The van der Waals surface area contributed by atoms with Gasteiger partial charge in [0.15, 0.2) is 0 Å². The number of allylic oxidation sites excluding steroid dienone is 1. The van der Waals surface area contributed by atoms with Crippen LogP contribution in [0, 0.1) is 35.0 Å². The Labute approximate surface area is 94.1 Å². The van der Waals surface area contributed by atoms with Crippen LogP contribution >= 0.6 is 0 Å². The minimum absolute atomic E-state index is 0.672. The normalized spacial score (nSPS) is 52.9. The second-order valence-electron chi connectivity index (χ2n) is 6.81. The van der Waals surface area contributed by atoms with Crippen molar-refractivity contribution in [3.8, 4) is 0 Å². The van der Waals surface area contributed by atoms with Gasteiger partial charge < -0.3 is 0 Å². The Morgan fingerprint density at radius 2 is 2.07 bits per heavy atom. The molecule has 5 atom stereocenters. The smallest absolute Gasteiger partial charge is 0.0115 e. The second-order valence-corrected chi connectivity index (χ2v) is 6.81. The van der Waals surface area contributed by atoms with E-state index in [1.807, 2.05) is 0 Å². The quantitative estimate of drug-likeness (QED) is 0.559. The zero-order valence-electron chi connectivity index (χ0n) is 10.4. The van der Waals surface area contributed by atoms with Crippen molar-refractivity contribution in [1.82, 2.24) is 0 Å². The van der Waals surface area contributed by atoms with Crippen molar-refractivity contribution in [2.45, 2.75) is 46.5 Å². The number of fused-ring (bicyclic) bond motifs is 2. The maximum Gasteiger partial charge on any atom is -0.0115 e. The Hall–Kier alpha value is -0.260. The fourth-order valence-electron chi connectivity index (χ4n) is 5.32. The molecule has 0 heterocycles. The van der Waals surface area contributed by atoms with E-state index < -0.39 is 0 Å². The van der Waals surface area contributed by atoms with Crippen LogP contribution < -0.4 is 0 Å². The van der Waals surface area contributed by atoms with Crippen molar-refractivity contribution < 1.29 is 0 Å². The van der Waals surface area contributed by atoms with Gasteiger partial charge in [-0.1, -0.05) is 32.9 Å². The Morgan fingerprint density at radius 3 is 2.67 bits per heavy atom. The van der Waals surface area contributed by atoms with Gasteiger partial charge in [0.2, 0.25) is 0 Å². The molecule has 0 aromatic carbocycles. The molecule has 0 aromatic rings. The summed E-state index contributed by atoms with van der Waals surface area (Å²) < 4.78 is 0. The zero-order chi connectivity index (χ0) is 10.8. The van der Waals surface area contributed by atoms with Gasteiger partial charge in [-0.05, 0) is 60.7 Å². The van der Waals surface area contributed by atoms with Gasteiger partial charge in [-0.2, -0.15) is 0 Å². The van der Waals surface area contributed by atoms with E-state index in [0.29, 0.717) is 5.41 Å². The SMILES string of the molecule is C=C1CC[C@H]2C3C(C(C)C)CCC2(C)[C@H]13. The average molecular weight is 204 g/mol. The van der Waals surface area contributed by atoms with E-state index >= 15 is 0 Å². The lowest BCUT2D eigenvalue weighted by Gasteiger charge is -2.71. The highest BCUT2D eigenvalue weighted by molar-refractivity contribution is 5.26. The Bertz CT molecular complexity index is 299. The molecule has 4 saturated carbocycles. The molecule has 0 aromatic heterocycles. The zero-order valence-corrected chi connectivity index (χ0v) is 10.4. The molecule has 4 rings (SSSR count). The highest BCUT2D eigenvalue weighted by Gasteiger charge is 2.65. The van der Waals surface area contributed by atoms with E-state index in [-0.39, 0.29) is 0 Å². The first-order chi connectivity index (χ1) is 7.05. The van der Waals surface area contributed by atoms with Crippen molar-refractivity contribution in [3.05, 3.63) is 12.2 Å². The lowest BCUT2D eigenvalue weighted by Crippen LogP contribution is -2.64. The van der Waals surface area contributed by atoms with Gasteiger partial charge in [-0.15, -0.1) is 0 Å². The largest absolute Gasteiger partial charge is 0.0995 e. The lowest BCUT2D eigenvalue weighted by molar-refractivity contribution is -0.194. The fraction of sp³-hybridized carbons (Fsp3) is 0.867. The summed E-state index contributed by atoms with van der Waals surface area (Å²) in [4.78, 5) is 0. The first-order valence-corrected chi connectivity index (χ1v) is 6.73. The minimum atomic E-state index is 0.672. The molecule has 0 saturated heterocycles. The third kappa shape index (κ3) is 1.04. The van der Waals surface area contributed by atoms with Gasteiger partial charge in [0.1, 0.15) is 0 Å². The van der Waals surface area contributed by atoms with Crippen LogP contribution in [0.25, 0.3) is 0 Å². The molecular weight excluding hydrogens is 180 g/mol. The molecule has 15 heavy (non-hydrogen) atoms. The van der Waals surface area contributed by atoms with Gasteiger partial charge in [0.05, 0.1) is 0 Å². The third-order valence-corrected chi connectivity index (χ3v) is 5.99. The molecule has 0 radical (unpaired) electrons. The Kier molecular flexibility index (Phi) is 1.92. The summed E-state index contributed by atoms with van der Waals surface area (Å²) >= 11 is 0. The maximum absolute atomic E-state index is 4.35. The molecule has 3 unspecified atom stereocenters. The van der Waals surface area contributed by atoms with Crippen LogP contribution in [0.4, 0.5) is 0 Å². The summed E-state index contributed by atoms with van der Waals surface area (Å²) in [6, 6.07) is 0. The van der Waals surface area contributed by atoms with Crippen LogP contribution in [-0.2, 0) is 0 Å². The molecule has 0 spiro atoms. The standard InChI is InChI=1S/C15H24/c1-9(2)11-7-8-15(4)12-6-5-10(3)14(15)13(11)12/h9,11-14H,3,5-8H2,1-2,4H3/t11?,12-,13?,14+,15?/m0/s1. The topological polar surface area (TPSA) is 0 Å². The number of rotatable bonds is 1. The lowest BCUT2D eigenvalue weighted by atomic mass is 9.33. The van der Waals surface area contributed by atoms with Crippen molar-refractivity contribution in [1.29, 1.82) is 0 Å². The third-order valence-electron chi connectivity index (χ3n) is 5.99. The summed E-state index contributed by atoms with van der Waals surface area (Å²) in [6.07, 6.45) is 5.73. The molecule has 4 aliphatic rings. The van der Waals surface area contributed by atoms with Crippen LogP contribution in [-0.4, -0.2) is 0 Å². The van der Waals surface area contributed by atoms with E-state index in [9.17, 15) is 0 Å². The molecular formula is C15H24. The monoisotopic (exact) mass is 204 g/mol. The van der Waals surface area contributed by atoms with Crippen LogP contribution in [0.15, 0.2) is 12.2 Å². The minimum Gasteiger partial charge on any atom is -0.0995 e. The molecule has 4 aliphatic carbocycles. The maximum atomic E-state index is 4.35. The molecule has 4 fully saturated rings. The van der Waals surface area contributed by atoms with E-state index in [0.717, 1.165) is 29.6 Å². The Morgan fingerprint density at radius 1 is 1.33 bits per heavy atom. The number of hydrogen-bond donors (Lipinski definition) is 0. The van der Waals surface area contributed by atoms with Crippen molar-refractivity contribution in [3.63, 3.8) is 0 Å². The van der Waals surface area contributed by atoms with Crippen LogP contribution in [0.2, 0.25) is 0 Å². The van der Waals surface area contributed by atoms with Gasteiger partial charge in [0, 0.05) is 0 Å². The highest BCUT2D eigenvalue weighted by Crippen LogP contribution is 2.72. The molecule has 0 N–H and O–H groups in total. The van der Waals surface area contributed by atoms with Crippen LogP contribution in [0.3, 0.4) is 0 Å². The van der Waals surface area contributed by atoms with Crippen LogP contribution in [0.1, 0.15) is 46.5 Å². The average Bonchev–Trinajstić information content (AvgIpc) is 2.17. The predicted octanol–water partition coefficient (Wildman–Crippen LogP) is 4.27. The van der Waals surface area contributed by atoms with Gasteiger partial charge in [0.25, 0.3) is 0 Å². The summed E-state index contributed by atoms with van der Waals surface area (Å²) in [6.45, 7) is 11.7. The number of hydrogen-bond acceptors (Lipinski definition) is 0. The van der Waals surface area contributed by atoms with Gasteiger partial charge in [-0.3, -0.25) is 0 Å². The molecule has 0 heteroatoms. The fourth-order valence-corrected chi connectivity index (χ4v) is 5.32.